The van der Waals surface area contributed by atoms with E-state index in [1.807, 2.05) is 42.5 Å². The quantitative estimate of drug-likeness (QED) is 0.612. The van der Waals surface area contributed by atoms with Crippen LogP contribution in [0.1, 0.15) is 27.0 Å². The van der Waals surface area contributed by atoms with Gasteiger partial charge in [0.15, 0.2) is 11.5 Å². The fourth-order valence-corrected chi connectivity index (χ4v) is 3.58. The lowest BCUT2D eigenvalue weighted by molar-refractivity contribution is 0.0936. The summed E-state index contributed by atoms with van der Waals surface area (Å²) in [6.45, 7) is 1.88. The summed E-state index contributed by atoms with van der Waals surface area (Å²) >= 11 is 0. The first kappa shape index (κ1) is 20.7. The zero-order chi connectivity index (χ0) is 21.8. The molecule has 1 heterocycles. The van der Waals surface area contributed by atoms with Gasteiger partial charge in [0.1, 0.15) is 11.6 Å². The van der Waals surface area contributed by atoms with Gasteiger partial charge in [-0.1, -0.05) is 24.3 Å². The molecule has 0 aliphatic carbocycles. The van der Waals surface area contributed by atoms with Gasteiger partial charge in [-0.25, -0.2) is 4.39 Å². The number of carbonyl (C=O) groups is 1. The molecule has 1 unspecified atom stereocenters. The second-order valence-electron chi connectivity index (χ2n) is 7.58. The summed E-state index contributed by atoms with van der Waals surface area (Å²) in [5.41, 5.74) is 2.88. The molecular weight excluding hydrogens is 397 g/mol. The van der Waals surface area contributed by atoms with Crippen molar-refractivity contribution in [1.29, 1.82) is 0 Å². The van der Waals surface area contributed by atoms with Gasteiger partial charge in [-0.3, -0.25) is 4.79 Å². The molecule has 0 saturated heterocycles. The molecule has 5 nitrogen and oxygen atoms in total. The fraction of sp³-hybridized carbons (Fsp3) is 0.240. The molecule has 160 valence electrons. The summed E-state index contributed by atoms with van der Waals surface area (Å²) < 4.78 is 30.0. The van der Waals surface area contributed by atoms with Crippen LogP contribution >= 0.6 is 0 Å². The molecule has 3 aromatic carbocycles. The van der Waals surface area contributed by atoms with Crippen molar-refractivity contribution in [3.8, 4) is 17.2 Å². The minimum Gasteiger partial charge on any atom is -0.497 e. The second kappa shape index (κ2) is 9.08. The van der Waals surface area contributed by atoms with Crippen LogP contribution in [0.3, 0.4) is 0 Å². The van der Waals surface area contributed by atoms with E-state index in [1.54, 1.807) is 26.2 Å². The van der Waals surface area contributed by atoms with Crippen LogP contribution in [-0.4, -0.2) is 25.9 Å². The van der Waals surface area contributed by atoms with Crippen molar-refractivity contribution in [2.75, 3.05) is 13.9 Å². The maximum atomic E-state index is 14.0. The summed E-state index contributed by atoms with van der Waals surface area (Å²) in [5, 5.41) is 3.06. The Morgan fingerprint density at radius 1 is 1.00 bits per heavy atom. The first-order valence-electron chi connectivity index (χ1n) is 10.1. The molecule has 1 amide bonds. The van der Waals surface area contributed by atoms with Crippen LogP contribution in [0, 0.1) is 12.7 Å². The first-order chi connectivity index (χ1) is 15.0. The zero-order valence-corrected chi connectivity index (χ0v) is 17.5. The lowest BCUT2D eigenvalue weighted by atomic mass is 9.98. The minimum absolute atomic E-state index is 0.203. The lowest BCUT2D eigenvalue weighted by Crippen LogP contribution is -2.38. The van der Waals surface area contributed by atoms with E-state index in [0.29, 0.717) is 29.7 Å². The molecule has 4 rings (SSSR count). The Balaban J connectivity index is 1.54. The smallest absolute Gasteiger partial charge is 0.251 e. The molecule has 3 aromatic rings. The standard InChI is InChI=1S/C25H24FNO4/c1-16-3-7-19(14-22(16)26)25(28)27-20(11-17-4-8-21(29-2)9-5-17)12-18-6-10-23-24(13-18)31-15-30-23/h3-10,13-14,20H,11-12,15H2,1-2H3,(H,27,28). The first-order valence-corrected chi connectivity index (χ1v) is 10.1. The number of hydrogen-bond acceptors (Lipinski definition) is 4. The topological polar surface area (TPSA) is 56.8 Å². The lowest BCUT2D eigenvalue weighted by Gasteiger charge is -2.20. The van der Waals surface area contributed by atoms with Gasteiger partial charge in [-0.15, -0.1) is 0 Å². The SMILES string of the molecule is COc1ccc(CC(Cc2ccc3c(c2)OCO3)NC(=O)c2ccc(C)c(F)c2)cc1. The van der Waals surface area contributed by atoms with Crippen LogP contribution in [-0.2, 0) is 12.8 Å². The van der Waals surface area contributed by atoms with Crippen LogP contribution in [0.15, 0.2) is 60.7 Å². The van der Waals surface area contributed by atoms with Gasteiger partial charge in [0.05, 0.1) is 7.11 Å². The van der Waals surface area contributed by atoms with Crippen LogP contribution in [0.25, 0.3) is 0 Å². The molecule has 0 saturated carbocycles. The maximum Gasteiger partial charge on any atom is 0.251 e. The highest BCUT2D eigenvalue weighted by atomic mass is 19.1. The van der Waals surface area contributed by atoms with E-state index < -0.39 is 5.82 Å². The molecule has 0 radical (unpaired) electrons. The number of nitrogens with one attached hydrogen (secondary N) is 1. The molecule has 0 fully saturated rings. The third kappa shape index (κ3) is 4.97. The van der Waals surface area contributed by atoms with Gasteiger partial charge in [-0.2, -0.15) is 0 Å². The molecule has 1 aliphatic heterocycles. The third-order valence-electron chi connectivity index (χ3n) is 5.33. The maximum absolute atomic E-state index is 14.0. The average Bonchev–Trinajstić information content (AvgIpc) is 3.24. The van der Waals surface area contributed by atoms with E-state index in [0.717, 1.165) is 22.6 Å². The number of carbonyl (C=O) groups excluding carboxylic acids is 1. The summed E-state index contributed by atoms with van der Waals surface area (Å²) in [6.07, 6.45) is 1.20. The van der Waals surface area contributed by atoms with Crippen LogP contribution in [0.5, 0.6) is 17.2 Å². The molecule has 31 heavy (non-hydrogen) atoms. The average molecular weight is 421 g/mol. The van der Waals surface area contributed by atoms with Gasteiger partial charge in [0.2, 0.25) is 6.79 Å². The Labute approximate surface area is 180 Å². The van der Waals surface area contributed by atoms with Crippen LogP contribution < -0.4 is 19.5 Å². The molecule has 0 spiro atoms. The van der Waals surface area contributed by atoms with Crippen molar-refractivity contribution in [3.63, 3.8) is 0 Å². The molecule has 1 atom stereocenters. The second-order valence-corrected chi connectivity index (χ2v) is 7.58. The number of rotatable bonds is 7. The number of halogens is 1. The van der Waals surface area contributed by atoms with Crippen molar-refractivity contribution in [2.45, 2.75) is 25.8 Å². The number of fused-ring (bicyclic) bond motifs is 1. The Hall–Kier alpha value is -3.54. The monoisotopic (exact) mass is 421 g/mol. The van der Waals surface area contributed by atoms with Crippen LogP contribution in [0.2, 0.25) is 0 Å². The largest absolute Gasteiger partial charge is 0.497 e. The van der Waals surface area contributed by atoms with Gasteiger partial charge in [0.25, 0.3) is 5.91 Å². The Kier molecular flexibility index (Phi) is 6.07. The zero-order valence-electron chi connectivity index (χ0n) is 17.5. The van der Waals surface area contributed by atoms with Crippen molar-refractivity contribution in [1.82, 2.24) is 5.32 Å². The van der Waals surface area contributed by atoms with E-state index in [2.05, 4.69) is 5.32 Å². The summed E-state index contributed by atoms with van der Waals surface area (Å²) in [6, 6.07) is 17.8. The number of hydrogen-bond donors (Lipinski definition) is 1. The van der Waals surface area contributed by atoms with Gasteiger partial charge in [-0.05, 0) is 72.9 Å². The molecule has 6 heteroatoms. The van der Waals surface area contributed by atoms with Gasteiger partial charge < -0.3 is 19.5 Å². The fourth-order valence-electron chi connectivity index (χ4n) is 3.58. The van der Waals surface area contributed by atoms with E-state index in [-0.39, 0.29) is 18.7 Å². The summed E-state index contributed by atoms with van der Waals surface area (Å²) in [7, 11) is 1.62. The molecule has 0 bridgehead atoms. The van der Waals surface area contributed by atoms with Crippen molar-refractivity contribution in [3.05, 3.63) is 88.7 Å². The van der Waals surface area contributed by atoms with E-state index in [1.165, 1.54) is 6.07 Å². The molecule has 1 N–H and O–H groups in total. The van der Waals surface area contributed by atoms with Gasteiger partial charge >= 0.3 is 0 Å². The van der Waals surface area contributed by atoms with E-state index >= 15 is 0 Å². The number of ether oxygens (including phenoxy) is 3. The molecule has 0 aromatic heterocycles. The van der Waals surface area contributed by atoms with Crippen molar-refractivity contribution < 1.29 is 23.4 Å². The Bertz CT molecular complexity index is 1080. The summed E-state index contributed by atoms with van der Waals surface area (Å²) in [5.74, 6) is 1.49. The van der Waals surface area contributed by atoms with Crippen LogP contribution in [0.4, 0.5) is 4.39 Å². The number of aryl methyl sites for hydroxylation is 1. The Morgan fingerprint density at radius 2 is 1.71 bits per heavy atom. The predicted molar refractivity (Wildman–Crippen MR) is 115 cm³/mol. The predicted octanol–water partition coefficient (Wildman–Crippen LogP) is 4.46. The van der Waals surface area contributed by atoms with Crippen molar-refractivity contribution in [2.24, 2.45) is 0 Å². The Morgan fingerprint density at radius 3 is 2.45 bits per heavy atom. The van der Waals surface area contributed by atoms with Gasteiger partial charge in [0, 0.05) is 11.6 Å². The van der Waals surface area contributed by atoms with Crippen molar-refractivity contribution >= 4 is 5.91 Å². The highest BCUT2D eigenvalue weighted by molar-refractivity contribution is 5.94. The normalized spacial score (nSPS) is 13.0. The minimum atomic E-state index is -0.393. The molecular formula is C25H24FNO4. The highest BCUT2D eigenvalue weighted by Crippen LogP contribution is 2.33. The third-order valence-corrected chi connectivity index (χ3v) is 5.33. The van der Waals surface area contributed by atoms with E-state index in [4.69, 9.17) is 14.2 Å². The number of amides is 1. The number of methoxy groups -OCH3 is 1. The molecule has 1 aliphatic rings. The van der Waals surface area contributed by atoms with E-state index in [9.17, 15) is 9.18 Å². The highest BCUT2D eigenvalue weighted by Gasteiger charge is 2.19. The summed E-state index contributed by atoms with van der Waals surface area (Å²) in [4.78, 5) is 12.8. The number of benzene rings is 3.